The number of amides is 3. The van der Waals surface area contributed by atoms with Gasteiger partial charge in [0.05, 0.1) is 0 Å². The molecular formula is C16H23N3O2. The van der Waals surface area contributed by atoms with Gasteiger partial charge in [-0.15, -0.1) is 0 Å². The first-order chi connectivity index (χ1) is 10.1. The van der Waals surface area contributed by atoms with Crippen LogP contribution < -0.4 is 10.6 Å². The molecular weight excluding hydrogens is 266 g/mol. The first-order valence-electron chi connectivity index (χ1n) is 7.50. The molecule has 1 aliphatic rings. The van der Waals surface area contributed by atoms with Crippen molar-refractivity contribution in [3.8, 4) is 0 Å². The van der Waals surface area contributed by atoms with Gasteiger partial charge in [0.25, 0.3) is 5.91 Å². The van der Waals surface area contributed by atoms with Gasteiger partial charge in [0, 0.05) is 30.9 Å². The lowest BCUT2D eigenvalue weighted by atomic mass is 10.1. The van der Waals surface area contributed by atoms with Crippen molar-refractivity contribution < 1.29 is 9.59 Å². The number of carbonyl (C=O) groups excluding carboxylic acids is 2. The van der Waals surface area contributed by atoms with E-state index < -0.39 is 0 Å². The normalized spacial score (nSPS) is 14.3. The number of nitrogens with one attached hydrogen (secondary N) is 2. The summed E-state index contributed by atoms with van der Waals surface area (Å²) < 4.78 is 0. The van der Waals surface area contributed by atoms with Crippen LogP contribution in [0, 0.1) is 5.92 Å². The summed E-state index contributed by atoms with van der Waals surface area (Å²) in [6.45, 7) is 6.41. The summed E-state index contributed by atoms with van der Waals surface area (Å²) in [6, 6.07) is 6.92. The first kappa shape index (κ1) is 15.4. The standard InChI is InChI=1S/C16H23N3O2/c1-12(2)11-17-15(20)13-5-7-14(8-6-13)18-16(21)19-9-3-4-10-19/h5-8,12H,3-4,9-11H2,1-2H3,(H,17,20)(H,18,21). The molecule has 0 aliphatic carbocycles. The number of carbonyl (C=O) groups is 2. The molecule has 0 saturated carbocycles. The highest BCUT2D eigenvalue weighted by Gasteiger charge is 2.17. The Morgan fingerprint density at radius 3 is 2.33 bits per heavy atom. The third kappa shape index (κ3) is 4.48. The van der Waals surface area contributed by atoms with Gasteiger partial charge in [-0.05, 0) is 43.0 Å². The Labute approximate surface area is 125 Å². The first-order valence-corrected chi connectivity index (χ1v) is 7.50. The van der Waals surface area contributed by atoms with Gasteiger partial charge >= 0.3 is 6.03 Å². The monoisotopic (exact) mass is 289 g/mol. The summed E-state index contributed by atoms with van der Waals surface area (Å²) in [5, 5.41) is 5.72. The van der Waals surface area contributed by atoms with E-state index in [4.69, 9.17) is 0 Å². The van der Waals surface area contributed by atoms with Gasteiger partial charge in [-0.2, -0.15) is 0 Å². The van der Waals surface area contributed by atoms with Crippen molar-refractivity contribution in [2.45, 2.75) is 26.7 Å². The largest absolute Gasteiger partial charge is 0.352 e. The Balaban J connectivity index is 1.89. The van der Waals surface area contributed by atoms with Gasteiger partial charge in [-0.1, -0.05) is 13.8 Å². The molecule has 1 aromatic carbocycles. The summed E-state index contributed by atoms with van der Waals surface area (Å²) in [5.41, 5.74) is 1.32. The van der Waals surface area contributed by atoms with Crippen LogP contribution in [0.25, 0.3) is 0 Å². The summed E-state index contributed by atoms with van der Waals surface area (Å²) in [5.74, 6) is 0.342. The fraction of sp³-hybridized carbons (Fsp3) is 0.500. The minimum atomic E-state index is -0.0823. The molecule has 21 heavy (non-hydrogen) atoms. The number of likely N-dealkylation sites (tertiary alicyclic amines) is 1. The van der Waals surface area contributed by atoms with E-state index in [9.17, 15) is 9.59 Å². The lowest BCUT2D eigenvalue weighted by molar-refractivity contribution is 0.0949. The highest BCUT2D eigenvalue weighted by Crippen LogP contribution is 2.13. The van der Waals surface area contributed by atoms with E-state index in [1.165, 1.54) is 0 Å². The highest BCUT2D eigenvalue weighted by molar-refractivity contribution is 5.95. The Kier molecular flexibility index (Phi) is 5.20. The maximum atomic E-state index is 11.9. The third-order valence-electron chi connectivity index (χ3n) is 3.46. The quantitative estimate of drug-likeness (QED) is 0.895. The second-order valence-corrected chi connectivity index (χ2v) is 5.81. The maximum Gasteiger partial charge on any atom is 0.321 e. The molecule has 0 bridgehead atoms. The Morgan fingerprint density at radius 1 is 1.14 bits per heavy atom. The minimum Gasteiger partial charge on any atom is -0.352 e. The molecule has 5 heteroatoms. The molecule has 1 fully saturated rings. The second kappa shape index (κ2) is 7.11. The van der Waals surface area contributed by atoms with Gasteiger partial charge in [0.15, 0.2) is 0 Å². The molecule has 0 unspecified atom stereocenters. The zero-order valence-electron chi connectivity index (χ0n) is 12.7. The molecule has 114 valence electrons. The predicted octanol–water partition coefficient (Wildman–Crippen LogP) is 2.70. The van der Waals surface area contributed by atoms with Crippen molar-refractivity contribution in [2.75, 3.05) is 25.0 Å². The van der Waals surface area contributed by atoms with Crippen molar-refractivity contribution in [2.24, 2.45) is 5.92 Å². The smallest absolute Gasteiger partial charge is 0.321 e. The molecule has 2 rings (SSSR count). The summed E-state index contributed by atoms with van der Waals surface area (Å²) >= 11 is 0. The molecule has 1 aliphatic heterocycles. The van der Waals surface area contributed by atoms with Gasteiger partial charge in [0.1, 0.15) is 0 Å². The number of hydrogen-bond acceptors (Lipinski definition) is 2. The average molecular weight is 289 g/mol. The topological polar surface area (TPSA) is 61.4 Å². The van der Waals surface area contributed by atoms with Crippen LogP contribution in [0.2, 0.25) is 0 Å². The molecule has 1 aromatic rings. The van der Waals surface area contributed by atoms with E-state index in [1.54, 1.807) is 24.3 Å². The average Bonchev–Trinajstić information content (AvgIpc) is 3.00. The van der Waals surface area contributed by atoms with E-state index in [0.717, 1.165) is 25.9 Å². The maximum absolute atomic E-state index is 11.9. The molecule has 5 nitrogen and oxygen atoms in total. The molecule has 1 saturated heterocycles. The van der Waals surface area contributed by atoms with Crippen molar-refractivity contribution in [3.05, 3.63) is 29.8 Å². The molecule has 1 heterocycles. The van der Waals surface area contributed by atoms with Crippen LogP contribution in [-0.4, -0.2) is 36.5 Å². The second-order valence-electron chi connectivity index (χ2n) is 5.81. The van der Waals surface area contributed by atoms with Gasteiger partial charge in [-0.25, -0.2) is 4.79 Å². The number of benzene rings is 1. The van der Waals surface area contributed by atoms with Crippen LogP contribution in [0.1, 0.15) is 37.0 Å². The van der Waals surface area contributed by atoms with E-state index in [-0.39, 0.29) is 11.9 Å². The number of hydrogen-bond donors (Lipinski definition) is 2. The zero-order valence-corrected chi connectivity index (χ0v) is 12.7. The molecule has 2 N–H and O–H groups in total. The van der Waals surface area contributed by atoms with Crippen LogP contribution in [0.4, 0.5) is 10.5 Å². The van der Waals surface area contributed by atoms with Crippen LogP contribution in [-0.2, 0) is 0 Å². The van der Waals surface area contributed by atoms with Crippen LogP contribution in [0.15, 0.2) is 24.3 Å². The van der Waals surface area contributed by atoms with Crippen molar-refractivity contribution >= 4 is 17.6 Å². The lowest BCUT2D eigenvalue weighted by Gasteiger charge is -2.16. The van der Waals surface area contributed by atoms with Gasteiger partial charge in [-0.3, -0.25) is 4.79 Å². The van der Waals surface area contributed by atoms with E-state index >= 15 is 0 Å². The van der Waals surface area contributed by atoms with Crippen LogP contribution in [0.5, 0.6) is 0 Å². The third-order valence-corrected chi connectivity index (χ3v) is 3.46. The van der Waals surface area contributed by atoms with Crippen molar-refractivity contribution in [3.63, 3.8) is 0 Å². The minimum absolute atomic E-state index is 0.0653. The number of urea groups is 1. The Hall–Kier alpha value is -2.04. The fourth-order valence-corrected chi connectivity index (χ4v) is 2.23. The number of rotatable bonds is 4. The summed E-state index contributed by atoms with van der Waals surface area (Å²) in [7, 11) is 0. The van der Waals surface area contributed by atoms with E-state index in [0.29, 0.717) is 23.7 Å². The van der Waals surface area contributed by atoms with E-state index in [1.807, 2.05) is 4.90 Å². The number of nitrogens with zero attached hydrogens (tertiary/aromatic N) is 1. The molecule has 3 amide bonds. The van der Waals surface area contributed by atoms with Crippen LogP contribution >= 0.6 is 0 Å². The van der Waals surface area contributed by atoms with Crippen molar-refractivity contribution in [1.29, 1.82) is 0 Å². The highest BCUT2D eigenvalue weighted by atomic mass is 16.2. The molecule has 0 radical (unpaired) electrons. The molecule has 0 spiro atoms. The fourth-order valence-electron chi connectivity index (χ4n) is 2.23. The zero-order chi connectivity index (χ0) is 15.2. The summed E-state index contributed by atoms with van der Waals surface area (Å²) in [6.07, 6.45) is 2.14. The lowest BCUT2D eigenvalue weighted by Crippen LogP contribution is -2.32. The SMILES string of the molecule is CC(C)CNC(=O)c1ccc(NC(=O)N2CCCC2)cc1. The van der Waals surface area contributed by atoms with Gasteiger partial charge in [0.2, 0.25) is 0 Å². The van der Waals surface area contributed by atoms with E-state index in [2.05, 4.69) is 24.5 Å². The molecule has 0 atom stereocenters. The Morgan fingerprint density at radius 2 is 1.76 bits per heavy atom. The molecule has 0 aromatic heterocycles. The Bertz CT molecular complexity index is 491. The van der Waals surface area contributed by atoms with Gasteiger partial charge < -0.3 is 15.5 Å². The van der Waals surface area contributed by atoms with Crippen LogP contribution in [0.3, 0.4) is 0 Å². The van der Waals surface area contributed by atoms with Crippen molar-refractivity contribution in [1.82, 2.24) is 10.2 Å². The predicted molar refractivity (Wildman–Crippen MR) is 83.4 cm³/mol. The number of anilines is 1. The summed E-state index contributed by atoms with van der Waals surface area (Å²) in [4.78, 5) is 25.6.